The third kappa shape index (κ3) is 5.03. The number of aromatic nitrogens is 2. The molecule has 3 aliphatic rings. The molecular formula is C25H33F3N6O2S. The molecule has 12 heteroatoms. The van der Waals surface area contributed by atoms with Gasteiger partial charge in [0.1, 0.15) is 0 Å². The Morgan fingerprint density at radius 1 is 1.00 bits per heavy atom. The molecule has 0 unspecified atom stereocenters. The molecule has 3 heterocycles. The normalized spacial score (nSPS) is 28.3. The van der Waals surface area contributed by atoms with E-state index in [4.69, 9.17) is 0 Å². The second-order valence-corrected chi connectivity index (χ2v) is 12.9. The lowest BCUT2D eigenvalue weighted by atomic mass is 9.69. The van der Waals surface area contributed by atoms with Crippen LogP contribution in [0, 0.1) is 0 Å². The van der Waals surface area contributed by atoms with Gasteiger partial charge in [-0.3, -0.25) is 10.2 Å². The smallest absolute Gasteiger partial charge is 0.354 e. The van der Waals surface area contributed by atoms with E-state index >= 15 is 0 Å². The minimum atomic E-state index is -4.66. The maximum absolute atomic E-state index is 14.1. The van der Waals surface area contributed by atoms with Crippen LogP contribution in [0.3, 0.4) is 0 Å². The highest BCUT2D eigenvalue weighted by Crippen LogP contribution is 2.47. The molecule has 0 bridgehead atoms. The van der Waals surface area contributed by atoms with Crippen LogP contribution in [-0.4, -0.2) is 80.7 Å². The van der Waals surface area contributed by atoms with Crippen molar-refractivity contribution in [2.24, 2.45) is 0 Å². The van der Waals surface area contributed by atoms with Gasteiger partial charge in [-0.15, -0.1) is 0 Å². The summed E-state index contributed by atoms with van der Waals surface area (Å²) in [7, 11) is 1.01. The van der Waals surface area contributed by atoms with Crippen molar-refractivity contribution in [2.45, 2.75) is 42.9 Å². The number of anilines is 2. The van der Waals surface area contributed by atoms with Crippen LogP contribution >= 0.6 is 0 Å². The summed E-state index contributed by atoms with van der Waals surface area (Å²) in [6.07, 6.45) is 0.0310. The third-order valence-corrected chi connectivity index (χ3v) is 9.94. The van der Waals surface area contributed by atoms with Crippen LogP contribution in [0.2, 0.25) is 0 Å². The highest BCUT2D eigenvalue weighted by molar-refractivity contribution is 7.91. The zero-order valence-electron chi connectivity index (χ0n) is 21.1. The second kappa shape index (κ2) is 9.39. The van der Waals surface area contributed by atoms with Gasteiger partial charge in [0.15, 0.2) is 15.5 Å². The average molecular weight is 539 g/mol. The summed E-state index contributed by atoms with van der Waals surface area (Å²) in [5.41, 5.74) is -0.147. The van der Waals surface area contributed by atoms with Gasteiger partial charge in [-0.25, -0.2) is 18.4 Å². The fraction of sp³-hybridized carbons (Fsp3) is 0.600. The summed E-state index contributed by atoms with van der Waals surface area (Å²) >= 11 is 0. The van der Waals surface area contributed by atoms with E-state index in [0.717, 1.165) is 25.7 Å². The first-order chi connectivity index (χ1) is 17.4. The Kier molecular flexibility index (Phi) is 6.64. The molecule has 2 saturated heterocycles. The monoisotopic (exact) mass is 538 g/mol. The van der Waals surface area contributed by atoms with Gasteiger partial charge in [0.25, 0.3) is 0 Å². The molecule has 1 aromatic heterocycles. The first-order valence-corrected chi connectivity index (χ1v) is 14.4. The number of halogens is 3. The zero-order chi connectivity index (χ0) is 26.5. The first kappa shape index (κ1) is 26.2. The molecule has 0 amide bonds. The Balaban J connectivity index is 1.35. The third-order valence-electron chi connectivity index (χ3n) is 8.33. The largest absolute Gasteiger partial charge is 0.435 e. The van der Waals surface area contributed by atoms with Crippen molar-refractivity contribution < 1.29 is 21.6 Å². The SMILES string of the molecule is CN(C)C1(c2ccccc2)CCC2(CC1)CN(c1cnc(N3CCS(=O)(=O)CC3)nc1C(F)(F)F)CN2. The van der Waals surface area contributed by atoms with Crippen molar-refractivity contribution in [2.75, 3.05) is 61.7 Å². The van der Waals surface area contributed by atoms with Crippen LogP contribution in [0.25, 0.3) is 0 Å². The molecular weight excluding hydrogens is 505 g/mol. The Hall–Kier alpha value is -2.44. The molecule has 1 aliphatic carbocycles. The predicted molar refractivity (Wildman–Crippen MR) is 136 cm³/mol. The highest BCUT2D eigenvalue weighted by atomic mass is 32.2. The molecule has 8 nitrogen and oxygen atoms in total. The lowest BCUT2D eigenvalue weighted by Crippen LogP contribution is -2.53. The molecule has 1 N–H and O–H groups in total. The number of rotatable bonds is 4. The number of alkyl halides is 3. The summed E-state index contributed by atoms with van der Waals surface area (Å²) in [5, 5.41) is 3.52. The van der Waals surface area contributed by atoms with E-state index in [0.29, 0.717) is 6.54 Å². The molecule has 1 aromatic carbocycles. The van der Waals surface area contributed by atoms with Crippen LogP contribution < -0.4 is 15.1 Å². The fourth-order valence-electron chi connectivity index (χ4n) is 6.00. The number of nitrogens with one attached hydrogen (secondary N) is 1. The molecule has 5 rings (SSSR count). The quantitative estimate of drug-likeness (QED) is 0.637. The van der Waals surface area contributed by atoms with E-state index in [2.05, 4.69) is 46.4 Å². The molecule has 37 heavy (non-hydrogen) atoms. The molecule has 202 valence electrons. The van der Waals surface area contributed by atoms with Gasteiger partial charge in [0.2, 0.25) is 5.95 Å². The van der Waals surface area contributed by atoms with Crippen molar-refractivity contribution >= 4 is 21.5 Å². The van der Waals surface area contributed by atoms with Gasteiger partial charge >= 0.3 is 6.18 Å². The van der Waals surface area contributed by atoms with Gasteiger partial charge in [-0.1, -0.05) is 30.3 Å². The van der Waals surface area contributed by atoms with E-state index in [1.54, 1.807) is 4.90 Å². The Morgan fingerprint density at radius 2 is 1.65 bits per heavy atom. The minimum absolute atomic E-state index is 0.0437. The molecule has 0 atom stereocenters. The Labute approximate surface area is 215 Å². The van der Waals surface area contributed by atoms with Crippen LogP contribution in [0.4, 0.5) is 24.8 Å². The van der Waals surface area contributed by atoms with Crippen molar-refractivity contribution in [1.29, 1.82) is 0 Å². The molecule has 1 spiro atoms. The lowest BCUT2D eigenvalue weighted by molar-refractivity contribution is -0.140. The average Bonchev–Trinajstić information content (AvgIpc) is 3.28. The number of hydrogen-bond donors (Lipinski definition) is 1. The standard InChI is InChI=1S/C25H33F3N6O2S/c1-32(2)24(19-6-4-3-5-7-19)10-8-23(9-11-24)17-34(18-30-23)20-16-29-22(31-21(20)25(26,27)28)33-12-14-37(35,36)15-13-33/h3-7,16,30H,8-15,17-18H2,1-2H3. The minimum Gasteiger partial charge on any atom is -0.354 e. The van der Waals surface area contributed by atoms with E-state index < -0.39 is 21.7 Å². The van der Waals surface area contributed by atoms with Crippen LogP contribution in [0.1, 0.15) is 36.9 Å². The van der Waals surface area contributed by atoms with E-state index in [-0.39, 0.29) is 54.0 Å². The van der Waals surface area contributed by atoms with Gasteiger partial charge in [0, 0.05) is 30.7 Å². The first-order valence-electron chi connectivity index (χ1n) is 12.6. The number of hydrogen-bond acceptors (Lipinski definition) is 8. The van der Waals surface area contributed by atoms with Gasteiger partial charge in [-0.2, -0.15) is 13.2 Å². The van der Waals surface area contributed by atoms with Crippen LogP contribution in [0.5, 0.6) is 0 Å². The van der Waals surface area contributed by atoms with Crippen molar-refractivity contribution in [3.63, 3.8) is 0 Å². The van der Waals surface area contributed by atoms with Crippen molar-refractivity contribution in [3.8, 4) is 0 Å². The molecule has 3 fully saturated rings. The van der Waals surface area contributed by atoms with Crippen molar-refractivity contribution in [3.05, 3.63) is 47.8 Å². The van der Waals surface area contributed by atoms with E-state index in [1.165, 1.54) is 16.7 Å². The Morgan fingerprint density at radius 3 is 2.24 bits per heavy atom. The highest BCUT2D eigenvalue weighted by Gasteiger charge is 2.49. The molecule has 2 aliphatic heterocycles. The maximum atomic E-state index is 14.1. The topological polar surface area (TPSA) is 81.7 Å². The lowest BCUT2D eigenvalue weighted by Gasteiger charge is -2.49. The van der Waals surface area contributed by atoms with E-state index in [9.17, 15) is 21.6 Å². The van der Waals surface area contributed by atoms with Gasteiger partial charge in [0.05, 0.1) is 30.1 Å². The fourth-order valence-corrected chi connectivity index (χ4v) is 7.20. The maximum Gasteiger partial charge on any atom is 0.435 e. The van der Waals surface area contributed by atoms with Gasteiger partial charge < -0.3 is 9.80 Å². The number of sulfone groups is 1. The molecule has 2 aromatic rings. The van der Waals surface area contributed by atoms with Crippen molar-refractivity contribution in [1.82, 2.24) is 20.2 Å². The van der Waals surface area contributed by atoms with E-state index in [1.807, 2.05) is 18.2 Å². The summed E-state index contributed by atoms with van der Waals surface area (Å²) in [5.74, 6) is -0.311. The molecule has 0 radical (unpaired) electrons. The zero-order valence-corrected chi connectivity index (χ0v) is 21.9. The summed E-state index contributed by atoms with van der Waals surface area (Å²) in [4.78, 5) is 13.6. The molecule has 1 saturated carbocycles. The number of nitrogens with zero attached hydrogens (tertiary/aromatic N) is 5. The van der Waals surface area contributed by atoms with Gasteiger partial charge in [-0.05, 0) is 45.3 Å². The predicted octanol–water partition coefficient (Wildman–Crippen LogP) is 2.87. The summed E-state index contributed by atoms with van der Waals surface area (Å²) < 4.78 is 65.8. The summed E-state index contributed by atoms with van der Waals surface area (Å²) in [6, 6.07) is 10.4. The summed E-state index contributed by atoms with van der Waals surface area (Å²) in [6.45, 7) is 0.901. The Bertz CT molecular complexity index is 1220. The second-order valence-electron chi connectivity index (χ2n) is 10.6. The van der Waals surface area contributed by atoms with Crippen LogP contribution in [-0.2, 0) is 21.6 Å². The van der Waals surface area contributed by atoms with Crippen LogP contribution in [0.15, 0.2) is 36.5 Å². The number of benzene rings is 1.